The summed E-state index contributed by atoms with van der Waals surface area (Å²) in [6, 6.07) is 7.60. The molecule has 1 saturated heterocycles. The molecule has 1 aliphatic heterocycles. The average Bonchev–Trinajstić information content (AvgIpc) is 2.19. The lowest BCUT2D eigenvalue weighted by Crippen LogP contribution is -2.31. The Hall–Kier alpha value is 0.210. The van der Waals surface area contributed by atoms with E-state index in [-0.39, 0.29) is 0 Å². The number of rotatable bonds is 1. The van der Waals surface area contributed by atoms with E-state index in [1.807, 2.05) is 24.3 Å². The van der Waals surface area contributed by atoms with Crippen LogP contribution in [0.15, 0.2) is 24.3 Å². The Morgan fingerprint density at radius 2 is 2.07 bits per heavy atom. The second-order valence-electron chi connectivity index (χ2n) is 3.12. The van der Waals surface area contributed by atoms with Crippen LogP contribution in [0.3, 0.4) is 0 Å². The highest BCUT2D eigenvalue weighted by atomic mass is 35.5. The zero-order chi connectivity index (χ0) is 10.0. The minimum absolute atomic E-state index is 0.729. The monoisotopic (exact) mass is 247 g/mol. The van der Waals surface area contributed by atoms with Gasteiger partial charge in [0.2, 0.25) is 0 Å². The Morgan fingerprint density at radius 3 is 2.64 bits per heavy atom. The molecule has 0 amide bonds. The maximum atomic E-state index is 5.81. The van der Waals surface area contributed by atoms with E-state index < -0.39 is 6.84 Å². The zero-order valence-corrected chi connectivity index (χ0v) is 10.0. The van der Waals surface area contributed by atoms with Crippen LogP contribution in [-0.2, 0) is 16.8 Å². The number of hydrogen-bond donors (Lipinski definition) is 1. The molecule has 1 fully saturated rings. The van der Waals surface area contributed by atoms with E-state index in [2.05, 4.69) is 5.09 Å². The van der Waals surface area contributed by atoms with Crippen molar-refractivity contribution in [1.29, 1.82) is 0 Å². The first-order valence-electron chi connectivity index (χ1n) is 4.46. The van der Waals surface area contributed by atoms with E-state index in [1.165, 1.54) is 0 Å². The molecule has 1 N–H and O–H groups in total. The molecule has 0 aromatic heterocycles. The van der Waals surface area contributed by atoms with Gasteiger partial charge in [0.25, 0.3) is 0 Å². The molecule has 1 atom stereocenters. The molecule has 0 bridgehead atoms. The molecule has 0 spiro atoms. The van der Waals surface area contributed by atoms with Crippen LogP contribution >= 0.6 is 18.4 Å². The summed E-state index contributed by atoms with van der Waals surface area (Å²) in [7, 11) is 0. The molecule has 1 aliphatic rings. The van der Waals surface area contributed by atoms with Crippen molar-refractivity contribution in [3.05, 3.63) is 29.3 Å². The Kier molecular flexibility index (Phi) is 3.35. The Morgan fingerprint density at radius 1 is 1.36 bits per heavy atom. The standard InChI is InChI=1S/C9H11ClNOPS/c10-8-2-4-9(5-3-8)13(14)11-6-1-7-12-13/h2-5H,1,6-7H2,(H,11,14). The average molecular weight is 248 g/mol. The molecular weight excluding hydrogens is 237 g/mol. The van der Waals surface area contributed by atoms with Crippen molar-refractivity contribution in [3.8, 4) is 0 Å². The van der Waals surface area contributed by atoms with Gasteiger partial charge in [0.05, 0.1) is 6.61 Å². The maximum Gasteiger partial charge on any atom is 0.126 e. The smallest absolute Gasteiger partial charge is 0.126 e. The van der Waals surface area contributed by atoms with Gasteiger partial charge in [0.15, 0.2) is 0 Å². The van der Waals surface area contributed by atoms with Crippen LogP contribution in [0.2, 0.25) is 5.02 Å². The highest BCUT2D eigenvalue weighted by Gasteiger charge is 2.30. The fourth-order valence-corrected chi connectivity index (χ4v) is 4.13. The van der Waals surface area contributed by atoms with Gasteiger partial charge in [-0.25, -0.2) is 4.52 Å². The minimum Gasteiger partial charge on any atom is -0.500 e. The normalized spacial score (nSPS) is 27.6. The van der Waals surface area contributed by atoms with Crippen molar-refractivity contribution >= 4 is 36.0 Å². The lowest BCUT2D eigenvalue weighted by molar-refractivity contribution is 0.318. The summed E-state index contributed by atoms with van der Waals surface area (Å²) in [4.78, 5) is 0. The number of hydrogen-bond acceptors (Lipinski definition) is 3. The second-order valence-corrected chi connectivity index (χ2v) is 7.30. The van der Waals surface area contributed by atoms with Gasteiger partial charge in [-0.3, -0.25) is 0 Å². The fourth-order valence-electron chi connectivity index (χ4n) is 1.34. The van der Waals surface area contributed by atoms with Crippen molar-refractivity contribution in [2.24, 2.45) is 0 Å². The minimum atomic E-state index is -1.96. The van der Waals surface area contributed by atoms with Crippen LogP contribution in [0.25, 0.3) is 0 Å². The van der Waals surface area contributed by atoms with Crippen molar-refractivity contribution in [1.82, 2.24) is 5.09 Å². The van der Waals surface area contributed by atoms with Crippen molar-refractivity contribution < 1.29 is 4.52 Å². The third kappa shape index (κ3) is 2.23. The van der Waals surface area contributed by atoms with Crippen molar-refractivity contribution in [2.45, 2.75) is 6.42 Å². The van der Waals surface area contributed by atoms with Gasteiger partial charge in [-0.15, -0.1) is 0 Å². The summed E-state index contributed by atoms with van der Waals surface area (Å²) in [6.45, 7) is -0.260. The van der Waals surface area contributed by atoms with Gasteiger partial charge in [0.1, 0.15) is 12.1 Å². The molecule has 0 aliphatic carbocycles. The quantitative estimate of drug-likeness (QED) is 0.608. The summed E-state index contributed by atoms with van der Waals surface area (Å²) >= 11 is 11.3. The van der Waals surface area contributed by atoms with Crippen molar-refractivity contribution in [3.63, 3.8) is 0 Å². The molecule has 14 heavy (non-hydrogen) atoms. The Labute approximate surface area is 94.6 Å². The number of benzene rings is 1. The SMILES string of the molecule is [S-][P+]1(c2ccc(Cl)cc2)NCCCO1. The molecule has 1 unspecified atom stereocenters. The van der Waals surface area contributed by atoms with Gasteiger partial charge in [-0.1, -0.05) is 11.6 Å². The predicted molar refractivity (Wildman–Crippen MR) is 63.9 cm³/mol. The lowest BCUT2D eigenvalue weighted by Gasteiger charge is -2.34. The summed E-state index contributed by atoms with van der Waals surface area (Å²) in [5.41, 5.74) is 0. The Bertz CT molecular complexity index is 313. The van der Waals surface area contributed by atoms with Gasteiger partial charge in [-0.05, 0) is 30.7 Å². The van der Waals surface area contributed by atoms with E-state index >= 15 is 0 Å². The van der Waals surface area contributed by atoms with Crippen LogP contribution in [0.4, 0.5) is 0 Å². The van der Waals surface area contributed by atoms with E-state index in [1.54, 1.807) is 0 Å². The summed E-state index contributed by atoms with van der Waals surface area (Å²) < 4.78 is 5.66. The van der Waals surface area contributed by atoms with Crippen LogP contribution < -0.4 is 10.4 Å². The molecule has 5 heteroatoms. The Balaban J connectivity index is 2.23. The highest BCUT2D eigenvalue weighted by molar-refractivity contribution is 8.42. The van der Waals surface area contributed by atoms with Crippen LogP contribution in [0, 0.1) is 0 Å². The molecule has 1 heterocycles. The largest absolute Gasteiger partial charge is 0.500 e. The van der Waals surface area contributed by atoms with Crippen molar-refractivity contribution in [2.75, 3.05) is 13.2 Å². The maximum absolute atomic E-state index is 5.81. The van der Waals surface area contributed by atoms with E-state index in [4.69, 9.17) is 28.4 Å². The molecule has 76 valence electrons. The van der Waals surface area contributed by atoms with Gasteiger partial charge in [0, 0.05) is 11.6 Å². The molecule has 2 rings (SSSR count). The molecule has 1 aromatic rings. The van der Waals surface area contributed by atoms with Crippen LogP contribution in [0.1, 0.15) is 6.42 Å². The first-order valence-corrected chi connectivity index (χ1v) is 7.56. The van der Waals surface area contributed by atoms with E-state index in [0.29, 0.717) is 0 Å². The van der Waals surface area contributed by atoms with Gasteiger partial charge >= 0.3 is 0 Å². The summed E-state index contributed by atoms with van der Waals surface area (Å²) in [6.07, 6.45) is 1.03. The molecule has 0 radical (unpaired) electrons. The predicted octanol–water partition coefficient (Wildman–Crippen LogP) is 2.28. The third-order valence-corrected chi connectivity index (χ3v) is 5.83. The fraction of sp³-hybridized carbons (Fsp3) is 0.333. The first kappa shape index (κ1) is 10.7. The summed E-state index contributed by atoms with van der Waals surface area (Å²) in [5, 5.41) is 5.07. The number of halogens is 1. The first-order chi connectivity index (χ1) is 6.71. The molecular formula is C9H11ClNOPS. The van der Waals surface area contributed by atoms with Gasteiger partial charge < -0.3 is 12.2 Å². The lowest BCUT2D eigenvalue weighted by atomic mass is 10.4. The summed E-state index contributed by atoms with van der Waals surface area (Å²) in [5.74, 6) is 0. The van der Waals surface area contributed by atoms with Gasteiger partial charge in [-0.2, -0.15) is 5.09 Å². The molecule has 2 nitrogen and oxygen atoms in total. The third-order valence-electron chi connectivity index (χ3n) is 2.08. The van der Waals surface area contributed by atoms with Crippen LogP contribution in [0.5, 0.6) is 0 Å². The van der Waals surface area contributed by atoms with E-state index in [9.17, 15) is 0 Å². The number of nitrogens with one attached hydrogen (secondary N) is 1. The highest BCUT2D eigenvalue weighted by Crippen LogP contribution is 2.53. The van der Waals surface area contributed by atoms with E-state index in [0.717, 1.165) is 29.9 Å². The molecule has 0 saturated carbocycles. The molecule has 1 aromatic carbocycles. The topological polar surface area (TPSA) is 21.3 Å². The zero-order valence-electron chi connectivity index (χ0n) is 7.57. The van der Waals surface area contributed by atoms with Crippen LogP contribution in [-0.4, -0.2) is 13.2 Å². The second kappa shape index (κ2) is 4.38.